The van der Waals surface area contributed by atoms with Crippen LogP contribution in [0.25, 0.3) is 10.9 Å². The first kappa shape index (κ1) is 8.62. The normalized spacial score (nSPS) is 10.1. The summed E-state index contributed by atoms with van der Waals surface area (Å²) >= 11 is 0. The Balaban J connectivity index is 2.71. The number of aromatic nitrogens is 2. The minimum atomic E-state index is -0.130. The van der Waals surface area contributed by atoms with Crippen molar-refractivity contribution in [2.45, 2.75) is 0 Å². The fourth-order valence-corrected chi connectivity index (χ4v) is 1.33. The lowest BCUT2D eigenvalue weighted by Crippen LogP contribution is -2.18. The molecule has 70 valence electrons. The third-order valence-corrected chi connectivity index (χ3v) is 2.01. The average Bonchev–Trinajstić information content (AvgIpc) is 2.27. The number of amides is 1. The summed E-state index contributed by atoms with van der Waals surface area (Å²) in [6.45, 7) is 0. The van der Waals surface area contributed by atoms with Gasteiger partial charge in [0, 0.05) is 18.6 Å². The second-order valence-electron chi connectivity index (χ2n) is 2.85. The smallest absolute Gasteiger partial charge is 0.253 e. The monoisotopic (exact) mass is 187 g/mol. The molecular formula is C10H9N3O. The Kier molecular flexibility index (Phi) is 2.10. The van der Waals surface area contributed by atoms with Crippen LogP contribution in [0.15, 0.2) is 30.7 Å². The van der Waals surface area contributed by atoms with E-state index in [1.165, 1.54) is 6.33 Å². The van der Waals surface area contributed by atoms with E-state index >= 15 is 0 Å². The maximum absolute atomic E-state index is 11.5. The highest BCUT2D eigenvalue weighted by Crippen LogP contribution is 2.14. The number of carbonyl (C=O) groups is 1. The van der Waals surface area contributed by atoms with Crippen molar-refractivity contribution in [2.75, 3.05) is 7.05 Å². The highest BCUT2D eigenvalue weighted by Gasteiger charge is 2.08. The van der Waals surface area contributed by atoms with Crippen molar-refractivity contribution in [3.8, 4) is 0 Å². The number of nitrogens with one attached hydrogen (secondary N) is 1. The minimum Gasteiger partial charge on any atom is -0.355 e. The second kappa shape index (κ2) is 3.41. The molecule has 0 saturated heterocycles. The lowest BCUT2D eigenvalue weighted by Gasteiger charge is -2.02. The zero-order valence-electron chi connectivity index (χ0n) is 7.69. The number of hydrogen-bond donors (Lipinski definition) is 1. The van der Waals surface area contributed by atoms with Crippen molar-refractivity contribution < 1.29 is 4.79 Å². The molecule has 0 aliphatic carbocycles. The van der Waals surface area contributed by atoms with Crippen LogP contribution < -0.4 is 5.32 Å². The van der Waals surface area contributed by atoms with Gasteiger partial charge >= 0.3 is 0 Å². The molecule has 1 heterocycles. The third kappa shape index (κ3) is 1.31. The van der Waals surface area contributed by atoms with Crippen LogP contribution in [0.1, 0.15) is 10.4 Å². The molecule has 0 radical (unpaired) electrons. The minimum absolute atomic E-state index is 0.130. The molecule has 0 fully saturated rings. The van der Waals surface area contributed by atoms with E-state index in [1.807, 2.05) is 12.1 Å². The molecule has 0 aliphatic rings. The number of para-hydroxylation sites is 1. The Bertz CT molecular complexity index is 476. The van der Waals surface area contributed by atoms with Crippen molar-refractivity contribution in [3.63, 3.8) is 0 Å². The first-order chi connectivity index (χ1) is 6.83. The molecule has 2 rings (SSSR count). The van der Waals surface area contributed by atoms with E-state index in [9.17, 15) is 4.79 Å². The van der Waals surface area contributed by atoms with Crippen LogP contribution in [-0.2, 0) is 0 Å². The summed E-state index contributed by atoms with van der Waals surface area (Å²) in [7, 11) is 1.60. The third-order valence-electron chi connectivity index (χ3n) is 2.01. The van der Waals surface area contributed by atoms with E-state index in [0.29, 0.717) is 11.1 Å². The Morgan fingerprint density at radius 3 is 3.07 bits per heavy atom. The number of rotatable bonds is 1. The van der Waals surface area contributed by atoms with E-state index in [4.69, 9.17) is 0 Å². The summed E-state index contributed by atoms with van der Waals surface area (Å²) in [5.74, 6) is -0.130. The largest absolute Gasteiger partial charge is 0.355 e. The van der Waals surface area contributed by atoms with Crippen LogP contribution >= 0.6 is 0 Å². The Morgan fingerprint density at radius 2 is 2.29 bits per heavy atom. The van der Waals surface area contributed by atoms with Crippen LogP contribution in [0.4, 0.5) is 0 Å². The molecule has 0 bridgehead atoms. The van der Waals surface area contributed by atoms with Gasteiger partial charge in [0.15, 0.2) is 0 Å². The van der Waals surface area contributed by atoms with Crippen molar-refractivity contribution in [1.29, 1.82) is 0 Å². The highest BCUT2D eigenvalue weighted by molar-refractivity contribution is 6.05. The zero-order chi connectivity index (χ0) is 9.97. The van der Waals surface area contributed by atoms with Crippen LogP contribution in [-0.4, -0.2) is 22.9 Å². The van der Waals surface area contributed by atoms with E-state index in [0.717, 1.165) is 5.39 Å². The number of hydrogen-bond acceptors (Lipinski definition) is 3. The molecule has 0 spiro atoms. The van der Waals surface area contributed by atoms with E-state index < -0.39 is 0 Å². The molecule has 0 saturated carbocycles. The molecule has 0 atom stereocenters. The standard InChI is InChI=1S/C10H9N3O/c1-11-10(14)8-4-2-3-7-5-12-6-13-9(7)8/h2-6H,1H3,(H,11,14). The van der Waals surface area contributed by atoms with E-state index in [-0.39, 0.29) is 5.91 Å². The van der Waals surface area contributed by atoms with Gasteiger partial charge in [0.1, 0.15) is 6.33 Å². The van der Waals surface area contributed by atoms with Gasteiger partial charge < -0.3 is 5.32 Å². The maximum atomic E-state index is 11.5. The number of fused-ring (bicyclic) bond motifs is 1. The summed E-state index contributed by atoms with van der Waals surface area (Å²) in [6, 6.07) is 5.44. The van der Waals surface area contributed by atoms with Crippen LogP contribution in [0.3, 0.4) is 0 Å². The number of carbonyl (C=O) groups excluding carboxylic acids is 1. The molecule has 0 aliphatic heterocycles. The van der Waals surface area contributed by atoms with Gasteiger partial charge in [-0.25, -0.2) is 9.97 Å². The number of benzene rings is 1. The summed E-state index contributed by atoms with van der Waals surface area (Å²) in [6.07, 6.45) is 3.13. The van der Waals surface area contributed by atoms with E-state index in [2.05, 4.69) is 15.3 Å². The topological polar surface area (TPSA) is 54.9 Å². The number of nitrogens with zero attached hydrogens (tertiary/aromatic N) is 2. The highest BCUT2D eigenvalue weighted by atomic mass is 16.1. The van der Waals surface area contributed by atoms with Crippen LogP contribution in [0.2, 0.25) is 0 Å². The molecule has 2 aromatic rings. The molecule has 1 aromatic heterocycles. The van der Waals surface area contributed by atoms with Crippen molar-refractivity contribution in [1.82, 2.24) is 15.3 Å². The Labute approximate surface area is 81.0 Å². The SMILES string of the molecule is CNC(=O)c1cccc2cncnc12. The lowest BCUT2D eigenvalue weighted by atomic mass is 10.1. The predicted octanol–water partition coefficient (Wildman–Crippen LogP) is 0.989. The Hall–Kier alpha value is -1.97. The van der Waals surface area contributed by atoms with Gasteiger partial charge in [-0.3, -0.25) is 4.79 Å². The van der Waals surface area contributed by atoms with Gasteiger partial charge in [0.05, 0.1) is 11.1 Å². The first-order valence-electron chi connectivity index (χ1n) is 4.24. The van der Waals surface area contributed by atoms with Gasteiger partial charge in [-0.1, -0.05) is 12.1 Å². The molecular weight excluding hydrogens is 178 g/mol. The molecule has 4 heteroatoms. The fraction of sp³-hybridized carbons (Fsp3) is 0.100. The van der Waals surface area contributed by atoms with Gasteiger partial charge in [-0.15, -0.1) is 0 Å². The Morgan fingerprint density at radius 1 is 1.43 bits per heavy atom. The van der Waals surface area contributed by atoms with Gasteiger partial charge in [0.25, 0.3) is 5.91 Å². The lowest BCUT2D eigenvalue weighted by molar-refractivity contribution is 0.0964. The summed E-state index contributed by atoms with van der Waals surface area (Å²) in [4.78, 5) is 19.4. The molecule has 1 amide bonds. The fourth-order valence-electron chi connectivity index (χ4n) is 1.33. The quantitative estimate of drug-likeness (QED) is 0.724. The molecule has 14 heavy (non-hydrogen) atoms. The average molecular weight is 187 g/mol. The molecule has 1 aromatic carbocycles. The molecule has 0 unspecified atom stereocenters. The first-order valence-corrected chi connectivity index (χ1v) is 4.24. The molecule has 1 N–H and O–H groups in total. The second-order valence-corrected chi connectivity index (χ2v) is 2.85. The van der Waals surface area contributed by atoms with Crippen molar-refractivity contribution >= 4 is 16.8 Å². The van der Waals surface area contributed by atoms with Crippen LogP contribution in [0, 0.1) is 0 Å². The predicted molar refractivity (Wildman–Crippen MR) is 52.9 cm³/mol. The summed E-state index contributed by atoms with van der Waals surface area (Å²) < 4.78 is 0. The van der Waals surface area contributed by atoms with Crippen LogP contribution in [0.5, 0.6) is 0 Å². The summed E-state index contributed by atoms with van der Waals surface area (Å²) in [5, 5.41) is 3.44. The van der Waals surface area contributed by atoms with Gasteiger partial charge in [0.2, 0.25) is 0 Å². The van der Waals surface area contributed by atoms with E-state index in [1.54, 1.807) is 19.3 Å². The summed E-state index contributed by atoms with van der Waals surface area (Å²) in [5.41, 5.74) is 1.26. The van der Waals surface area contributed by atoms with Crippen molar-refractivity contribution in [2.24, 2.45) is 0 Å². The zero-order valence-corrected chi connectivity index (χ0v) is 7.69. The van der Waals surface area contributed by atoms with Crippen molar-refractivity contribution in [3.05, 3.63) is 36.3 Å². The molecule has 4 nitrogen and oxygen atoms in total. The van der Waals surface area contributed by atoms with Gasteiger partial charge in [-0.2, -0.15) is 0 Å². The maximum Gasteiger partial charge on any atom is 0.253 e. The van der Waals surface area contributed by atoms with Gasteiger partial charge in [-0.05, 0) is 6.07 Å².